The van der Waals surface area contributed by atoms with Gasteiger partial charge in [0.1, 0.15) is 18.2 Å². The molecule has 0 saturated heterocycles. The first-order chi connectivity index (χ1) is 9.60. The summed E-state index contributed by atoms with van der Waals surface area (Å²) in [6.45, 7) is 0.0785. The smallest absolute Gasteiger partial charge is 0.327 e. The second-order valence-electron chi connectivity index (χ2n) is 5.71. The quantitative estimate of drug-likeness (QED) is 0.803. The van der Waals surface area contributed by atoms with E-state index < -0.39 is 11.5 Å². The Bertz CT molecular complexity index is 496. The van der Waals surface area contributed by atoms with Crippen molar-refractivity contribution in [2.24, 2.45) is 5.92 Å². The number of halogens is 1. The minimum Gasteiger partial charge on any atom is -0.491 e. The molecular formula is C15H18FNO3. The molecule has 20 heavy (non-hydrogen) atoms. The largest absolute Gasteiger partial charge is 0.491 e. The SMILES string of the molecule is O=C(O)C(COc1ccc(F)cc1)(NC1CC1)C1CC1. The highest BCUT2D eigenvalue weighted by Crippen LogP contribution is 2.42. The van der Waals surface area contributed by atoms with Gasteiger partial charge in [-0.15, -0.1) is 0 Å². The van der Waals surface area contributed by atoms with Gasteiger partial charge in [-0.05, 0) is 55.9 Å². The zero-order valence-electron chi connectivity index (χ0n) is 11.1. The van der Waals surface area contributed by atoms with E-state index in [2.05, 4.69) is 5.32 Å². The van der Waals surface area contributed by atoms with Gasteiger partial charge < -0.3 is 9.84 Å². The van der Waals surface area contributed by atoms with Crippen molar-refractivity contribution in [3.8, 4) is 5.75 Å². The first-order valence-electron chi connectivity index (χ1n) is 6.99. The summed E-state index contributed by atoms with van der Waals surface area (Å²) in [5, 5.41) is 12.9. The van der Waals surface area contributed by atoms with Crippen LogP contribution in [0.15, 0.2) is 24.3 Å². The molecule has 108 valence electrons. The van der Waals surface area contributed by atoms with Crippen molar-refractivity contribution >= 4 is 5.97 Å². The van der Waals surface area contributed by atoms with Gasteiger partial charge in [0.25, 0.3) is 0 Å². The first kappa shape index (κ1) is 13.4. The molecule has 0 amide bonds. The van der Waals surface area contributed by atoms with Crippen LogP contribution < -0.4 is 10.1 Å². The molecule has 0 aliphatic heterocycles. The number of rotatable bonds is 7. The average molecular weight is 279 g/mol. The molecule has 3 rings (SSSR count). The number of nitrogens with one attached hydrogen (secondary N) is 1. The second-order valence-corrected chi connectivity index (χ2v) is 5.71. The number of hydrogen-bond donors (Lipinski definition) is 2. The molecule has 2 N–H and O–H groups in total. The topological polar surface area (TPSA) is 58.6 Å². The fourth-order valence-electron chi connectivity index (χ4n) is 2.47. The maximum Gasteiger partial charge on any atom is 0.327 e. The molecule has 0 bridgehead atoms. The number of carbonyl (C=O) groups is 1. The van der Waals surface area contributed by atoms with Crippen LogP contribution in [0, 0.1) is 11.7 Å². The summed E-state index contributed by atoms with van der Waals surface area (Å²) >= 11 is 0. The van der Waals surface area contributed by atoms with Gasteiger partial charge in [-0.3, -0.25) is 10.1 Å². The lowest BCUT2D eigenvalue weighted by atomic mass is 9.94. The highest BCUT2D eigenvalue weighted by Gasteiger charge is 2.54. The molecule has 0 spiro atoms. The Morgan fingerprint density at radius 3 is 2.45 bits per heavy atom. The zero-order chi connectivity index (χ0) is 14.2. The fraction of sp³-hybridized carbons (Fsp3) is 0.533. The van der Waals surface area contributed by atoms with E-state index in [0.717, 1.165) is 25.7 Å². The van der Waals surface area contributed by atoms with Crippen LogP contribution >= 0.6 is 0 Å². The first-order valence-corrected chi connectivity index (χ1v) is 6.99. The van der Waals surface area contributed by atoms with Crippen molar-refractivity contribution in [1.29, 1.82) is 0 Å². The maximum absolute atomic E-state index is 12.8. The van der Waals surface area contributed by atoms with Crippen molar-refractivity contribution in [3.63, 3.8) is 0 Å². The van der Waals surface area contributed by atoms with E-state index in [1.807, 2.05) is 0 Å². The summed E-state index contributed by atoms with van der Waals surface area (Å²) in [7, 11) is 0. The van der Waals surface area contributed by atoms with Crippen molar-refractivity contribution in [1.82, 2.24) is 5.32 Å². The average Bonchev–Trinajstić information content (AvgIpc) is 3.28. The molecule has 4 nitrogen and oxygen atoms in total. The van der Waals surface area contributed by atoms with Gasteiger partial charge in [0.05, 0.1) is 0 Å². The molecule has 0 aromatic heterocycles. The van der Waals surface area contributed by atoms with Crippen LogP contribution in [-0.2, 0) is 4.79 Å². The molecule has 1 atom stereocenters. The van der Waals surface area contributed by atoms with Gasteiger partial charge in [-0.1, -0.05) is 0 Å². The summed E-state index contributed by atoms with van der Waals surface area (Å²) in [6.07, 6.45) is 3.88. The Hall–Kier alpha value is -1.62. The Morgan fingerprint density at radius 1 is 1.30 bits per heavy atom. The van der Waals surface area contributed by atoms with Crippen molar-refractivity contribution in [2.45, 2.75) is 37.3 Å². The van der Waals surface area contributed by atoms with Crippen LogP contribution in [0.3, 0.4) is 0 Å². The Labute approximate surface area is 116 Å². The standard InChI is InChI=1S/C15H18FNO3/c16-11-3-7-13(8-4-11)20-9-15(14(18)19,10-1-2-10)17-12-5-6-12/h3-4,7-8,10,12,17H,1-2,5-6,9H2,(H,18,19). The van der Waals surface area contributed by atoms with E-state index in [1.54, 1.807) is 0 Å². The van der Waals surface area contributed by atoms with Crippen molar-refractivity contribution in [3.05, 3.63) is 30.1 Å². The van der Waals surface area contributed by atoms with Crippen LogP contribution in [0.4, 0.5) is 4.39 Å². The molecule has 2 aliphatic carbocycles. The number of ether oxygens (including phenoxy) is 1. The third kappa shape index (κ3) is 2.77. The van der Waals surface area contributed by atoms with Crippen LogP contribution in [0.1, 0.15) is 25.7 Å². The molecule has 5 heteroatoms. The summed E-state index contributed by atoms with van der Waals surface area (Å²) < 4.78 is 18.5. The number of aliphatic carboxylic acids is 1. The highest BCUT2D eigenvalue weighted by molar-refractivity contribution is 5.80. The van der Waals surface area contributed by atoms with Gasteiger partial charge in [-0.25, -0.2) is 4.39 Å². The van der Waals surface area contributed by atoms with Crippen LogP contribution in [0.25, 0.3) is 0 Å². The van der Waals surface area contributed by atoms with Gasteiger partial charge in [0.15, 0.2) is 5.54 Å². The normalized spacial score (nSPS) is 21.2. The maximum atomic E-state index is 12.8. The van der Waals surface area contributed by atoms with Gasteiger partial charge in [-0.2, -0.15) is 0 Å². The third-order valence-electron chi connectivity index (χ3n) is 3.98. The van der Waals surface area contributed by atoms with E-state index in [-0.39, 0.29) is 18.3 Å². The van der Waals surface area contributed by atoms with Crippen LogP contribution in [-0.4, -0.2) is 29.3 Å². The highest BCUT2D eigenvalue weighted by atomic mass is 19.1. The summed E-state index contributed by atoms with van der Waals surface area (Å²) in [4.78, 5) is 11.7. The fourth-order valence-corrected chi connectivity index (χ4v) is 2.47. The van der Waals surface area contributed by atoms with E-state index >= 15 is 0 Å². The van der Waals surface area contributed by atoms with Gasteiger partial charge >= 0.3 is 5.97 Å². The number of benzene rings is 1. The lowest BCUT2D eigenvalue weighted by molar-refractivity contribution is -0.147. The monoisotopic (exact) mass is 279 g/mol. The molecular weight excluding hydrogens is 261 g/mol. The Balaban J connectivity index is 1.71. The van der Waals surface area contributed by atoms with Gasteiger partial charge in [0, 0.05) is 6.04 Å². The number of carboxylic acid groups (broad SMARTS) is 1. The molecule has 2 saturated carbocycles. The Kier molecular flexibility index (Phi) is 3.38. The summed E-state index contributed by atoms with van der Waals surface area (Å²) in [5.74, 6) is -0.564. The van der Waals surface area contributed by atoms with Crippen LogP contribution in [0.2, 0.25) is 0 Å². The van der Waals surface area contributed by atoms with E-state index in [9.17, 15) is 14.3 Å². The van der Waals surface area contributed by atoms with E-state index in [4.69, 9.17) is 4.74 Å². The summed E-state index contributed by atoms with van der Waals surface area (Å²) in [5.41, 5.74) is -1.00. The van der Waals surface area contributed by atoms with Gasteiger partial charge in [0.2, 0.25) is 0 Å². The molecule has 0 heterocycles. The lowest BCUT2D eigenvalue weighted by Crippen LogP contribution is -2.59. The molecule has 2 fully saturated rings. The van der Waals surface area contributed by atoms with E-state index in [0.29, 0.717) is 11.8 Å². The lowest BCUT2D eigenvalue weighted by Gasteiger charge is -2.30. The van der Waals surface area contributed by atoms with Crippen molar-refractivity contribution < 1.29 is 19.0 Å². The minimum absolute atomic E-state index is 0.0785. The third-order valence-corrected chi connectivity index (χ3v) is 3.98. The second kappa shape index (κ2) is 5.05. The number of carboxylic acids is 1. The zero-order valence-corrected chi connectivity index (χ0v) is 11.1. The molecule has 1 unspecified atom stereocenters. The Morgan fingerprint density at radius 2 is 1.95 bits per heavy atom. The predicted octanol–water partition coefficient (Wildman–Crippen LogP) is 2.19. The van der Waals surface area contributed by atoms with Crippen molar-refractivity contribution in [2.75, 3.05) is 6.61 Å². The molecule has 2 aliphatic rings. The van der Waals surface area contributed by atoms with E-state index in [1.165, 1.54) is 24.3 Å². The molecule has 1 aromatic rings. The predicted molar refractivity (Wildman–Crippen MR) is 71.1 cm³/mol. The summed E-state index contributed by atoms with van der Waals surface area (Å²) in [6, 6.07) is 5.95. The minimum atomic E-state index is -1.00. The van der Waals surface area contributed by atoms with Crippen LogP contribution in [0.5, 0.6) is 5.75 Å². The molecule has 0 radical (unpaired) electrons. The molecule has 1 aromatic carbocycles. The number of hydrogen-bond acceptors (Lipinski definition) is 3.